The van der Waals surface area contributed by atoms with Crippen LogP contribution in [0.4, 0.5) is 0 Å². The van der Waals surface area contributed by atoms with E-state index in [9.17, 15) is 9.90 Å². The molecule has 0 bridgehead atoms. The zero-order valence-electron chi connectivity index (χ0n) is 13.0. The maximum atomic E-state index is 12.7. The van der Waals surface area contributed by atoms with Gasteiger partial charge in [-0.1, -0.05) is 30.3 Å². The molecule has 2 aliphatic carbocycles. The molecule has 1 heterocycles. The lowest BCUT2D eigenvalue weighted by atomic mass is 10.0. The topological polar surface area (TPSA) is 40.5 Å². The van der Waals surface area contributed by atoms with E-state index in [0.29, 0.717) is 24.2 Å². The van der Waals surface area contributed by atoms with Crippen molar-refractivity contribution < 1.29 is 9.90 Å². The van der Waals surface area contributed by atoms with Crippen LogP contribution in [0.1, 0.15) is 50.2 Å². The van der Waals surface area contributed by atoms with Crippen LogP contribution in [0, 0.1) is 17.8 Å². The van der Waals surface area contributed by atoms with Gasteiger partial charge in [-0.05, 0) is 55.9 Å². The lowest BCUT2D eigenvalue weighted by molar-refractivity contribution is -0.134. The summed E-state index contributed by atoms with van der Waals surface area (Å²) < 4.78 is 0. The molecule has 0 radical (unpaired) electrons. The minimum absolute atomic E-state index is 0.225. The maximum Gasteiger partial charge on any atom is 0.226 e. The molecular formula is C19H25NO2. The molecule has 1 saturated heterocycles. The number of hydrogen-bond acceptors (Lipinski definition) is 2. The minimum Gasteiger partial charge on any atom is -0.388 e. The number of likely N-dealkylation sites (tertiary alicyclic amines) is 1. The lowest BCUT2D eigenvalue weighted by Crippen LogP contribution is -2.37. The quantitative estimate of drug-likeness (QED) is 0.907. The van der Waals surface area contributed by atoms with Gasteiger partial charge in [-0.3, -0.25) is 4.79 Å². The molecule has 2 saturated carbocycles. The van der Waals surface area contributed by atoms with E-state index in [4.69, 9.17) is 0 Å². The molecular weight excluding hydrogens is 274 g/mol. The fraction of sp³-hybridized carbons (Fsp3) is 0.632. The van der Waals surface area contributed by atoms with E-state index in [2.05, 4.69) is 4.90 Å². The number of carbonyl (C=O) groups excluding carboxylic acids is 1. The van der Waals surface area contributed by atoms with Gasteiger partial charge in [0.05, 0.1) is 6.10 Å². The van der Waals surface area contributed by atoms with Gasteiger partial charge in [0, 0.05) is 18.5 Å². The van der Waals surface area contributed by atoms with Crippen LogP contribution in [0.2, 0.25) is 0 Å². The summed E-state index contributed by atoms with van der Waals surface area (Å²) >= 11 is 0. The third-order valence-electron chi connectivity index (χ3n) is 5.72. The summed E-state index contributed by atoms with van der Waals surface area (Å²) in [6.45, 7) is 0.888. The van der Waals surface area contributed by atoms with Crippen molar-refractivity contribution >= 4 is 5.91 Å². The maximum absolute atomic E-state index is 12.7. The van der Waals surface area contributed by atoms with Crippen molar-refractivity contribution in [3.63, 3.8) is 0 Å². The van der Waals surface area contributed by atoms with E-state index >= 15 is 0 Å². The molecule has 1 aromatic rings. The van der Waals surface area contributed by atoms with E-state index in [1.807, 2.05) is 30.3 Å². The molecule has 0 aromatic heterocycles. The second-order valence-electron chi connectivity index (χ2n) is 7.33. The van der Waals surface area contributed by atoms with Crippen molar-refractivity contribution in [3.05, 3.63) is 35.9 Å². The molecule has 4 atom stereocenters. The van der Waals surface area contributed by atoms with Crippen molar-refractivity contribution in [2.75, 3.05) is 6.54 Å². The third-order valence-corrected chi connectivity index (χ3v) is 5.72. The van der Waals surface area contributed by atoms with E-state index in [0.717, 1.165) is 37.3 Å². The SMILES string of the molecule is O=C(C1CC1C1CC1)N1CCCC1CC(O)c1ccccc1. The van der Waals surface area contributed by atoms with Gasteiger partial charge in [-0.15, -0.1) is 0 Å². The number of amides is 1. The Bertz CT molecular complexity index is 540. The molecule has 3 nitrogen and oxygen atoms in total. The summed E-state index contributed by atoms with van der Waals surface area (Å²) in [5, 5.41) is 10.4. The Balaban J connectivity index is 1.37. The molecule has 1 aromatic carbocycles. The smallest absolute Gasteiger partial charge is 0.226 e. The number of hydrogen-bond donors (Lipinski definition) is 1. The predicted molar refractivity (Wildman–Crippen MR) is 85.1 cm³/mol. The molecule has 3 fully saturated rings. The molecule has 4 rings (SSSR count). The second-order valence-corrected chi connectivity index (χ2v) is 7.33. The number of rotatable bonds is 5. The van der Waals surface area contributed by atoms with Gasteiger partial charge >= 0.3 is 0 Å². The van der Waals surface area contributed by atoms with Crippen molar-refractivity contribution in [3.8, 4) is 0 Å². The van der Waals surface area contributed by atoms with E-state index in [1.54, 1.807) is 0 Å². The summed E-state index contributed by atoms with van der Waals surface area (Å²) in [6.07, 6.45) is 6.13. The number of carbonyl (C=O) groups is 1. The third kappa shape index (κ3) is 2.79. The average Bonchev–Trinajstić information content (AvgIpc) is 3.43. The first kappa shape index (κ1) is 14.3. The highest BCUT2D eigenvalue weighted by atomic mass is 16.3. The first-order valence-corrected chi connectivity index (χ1v) is 8.77. The van der Waals surface area contributed by atoms with Crippen LogP contribution in [-0.4, -0.2) is 28.5 Å². The van der Waals surface area contributed by atoms with Gasteiger partial charge in [0.25, 0.3) is 0 Å². The largest absolute Gasteiger partial charge is 0.388 e. The highest BCUT2D eigenvalue weighted by Gasteiger charge is 2.53. The van der Waals surface area contributed by atoms with E-state index in [1.165, 1.54) is 12.8 Å². The Morgan fingerprint density at radius 3 is 2.73 bits per heavy atom. The molecule has 1 N–H and O–H groups in total. The van der Waals surface area contributed by atoms with E-state index in [-0.39, 0.29) is 6.04 Å². The van der Waals surface area contributed by atoms with Crippen molar-refractivity contribution in [1.82, 2.24) is 4.90 Å². The lowest BCUT2D eigenvalue weighted by Gasteiger charge is -2.27. The molecule has 3 heteroatoms. The summed E-state index contributed by atoms with van der Waals surface area (Å²) in [6, 6.07) is 10.0. The number of benzene rings is 1. The fourth-order valence-electron chi connectivity index (χ4n) is 4.20. The van der Waals surface area contributed by atoms with Crippen LogP contribution in [0.25, 0.3) is 0 Å². The Morgan fingerprint density at radius 2 is 2.00 bits per heavy atom. The zero-order chi connectivity index (χ0) is 15.1. The number of nitrogens with zero attached hydrogens (tertiary/aromatic N) is 1. The van der Waals surface area contributed by atoms with Gasteiger partial charge in [0.15, 0.2) is 0 Å². The standard InChI is InChI=1S/C19H25NO2/c21-18(14-5-2-1-3-6-14)11-15-7-4-10-20(15)19(22)17-12-16(17)13-8-9-13/h1-3,5-6,13,15-18,21H,4,7-12H2. The minimum atomic E-state index is -0.460. The summed E-state index contributed by atoms with van der Waals surface area (Å²) in [5.41, 5.74) is 0.962. The van der Waals surface area contributed by atoms with Crippen LogP contribution in [0.15, 0.2) is 30.3 Å². The Morgan fingerprint density at radius 1 is 1.23 bits per heavy atom. The predicted octanol–water partition coefficient (Wildman–Crippen LogP) is 3.15. The molecule has 22 heavy (non-hydrogen) atoms. The van der Waals surface area contributed by atoms with Crippen LogP contribution >= 0.6 is 0 Å². The Labute approximate surface area is 132 Å². The second kappa shape index (κ2) is 5.69. The monoisotopic (exact) mass is 299 g/mol. The van der Waals surface area contributed by atoms with Gasteiger partial charge < -0.3 is 10.0 Å². The van der Waals surface area contributed by atoms with Gasteiger partial charge in [0.2, 0.25) is 5.91 Å². The zero-order valence-corrected chi connectivity index (χ0v) is 13.0. The summed E-state index contributed by atoms with van der Waals surface area (Å²) in [4.78, 5) is 14.8. The van der Waals surface area contributed by atoms with Crippen molar-refractivity contribution in [2.24, 2.45) is 17.8 Å². The first-order chi connectivity index (χ1) is 10.7. The number of aliphatic hydroxyl groups is 1. The first-order valence-electron chi connectivity index (χ1n) is 8.77. The van der Waals surface area contributed by atoms with Gasteiger partial charge in [-0.2, -0.15) is 0 Å². The van der Waals surface area contributed by atoms with Crippen molar-refractivity contribution in [1.29, 1.82) is 0 Å². The molecule has 3 aliphatic rings. The van der Waals surface area contributed by atoms with Crippen LogP contribution in [-0.2, 0) is 4.79 Å². The normalized spacial score (nSPS) is 32.0. The summed E-state index contributed by atoms with van der Waals surface area (Å²) in [7, 11) is 0. The molecule has 0 spiro atoms. The van der Waals surface area contributed by atoms with Gasteiger partial charge in [0.1, 0.15) is 0 Å². The van der Waals surface area contributed by atoms with Crippen LogP contribution < -0.4 is 0 Å². The molecule has 118 valence electrons. The highest BCUT2D eigenvalue weighted by molar-refractivity contribution is 5.82. The van der Waals surface area contributed by atoms with E-state index < -0.39 is 6.10 Å². The molecule has 4 unspecified atom stereocenters. The molecule has 1 aliphatic heterocycles. The number of aliphatic hydroxyl groups excluding tert-OH is 1. The summed E-state index contributed by atoms with van der Waals surface area (Å²) in [5.74, 6) is 2.22. The van der Waals surface area contributed by atoms with Gasteiger partial charge in [-0.25, -0.2) is 0 Å². The fourth-order valence-corrected chi connectivity index (χ4v) is 4.20. The average molecular weight is 299 g/mol. The van der Waals surface area contributed by atoms with Crippen LogP contribution in [0.5, 0.6) is 0 Å². The Kier molecular flexibility index (Phi) is 3.69. The molecule has 1 amide bonds. The van der Waals surface area contributed by atoms with Crippen molar-refractivity contribution in [2.45, 2.75) is 50.7 Å². The Hall–Kier alpha value is -1.35. The highest BCUT2D eigenvalue weighted by Crippen LogP contribution is 2.55. The van der Waals surface area contributed by atoms with Crippen LogP contribution in [0.3, 0.4) is 0 Å².